The molecule has 0 saturated carbocycles. The average molecular weight is 433 g/mol. The van der Waals surface area contributed by atoms with Gasteiger partial charge in [-0.3, -0.25) is 14.3 Å². The van der Waals surface area contributed by atoms with Crippen molar-refractivity contribution in [2.75, 3.05) is 0 Å². The highest BCUT2D eigenvalue weighted by molar-refractivity contribution is 5.76. The third kappa shape index (κ3) is 3.48. The first-order valence-electron chi connectivity index (χ1n) is 9.97. The van der Waals surface area contributed by atoms with Gasteiger partial charge in [-0.05, 0) is 0 Å². The molecule has 9 nitrogen and oxygen atoms in total. The summed E-state index contributed by atoms with van der Waals surface area (Å²) in [6.07, 6.45) is -4.02. The van der Waals surface area contributed by atoms with Crippen LogP contribution in [0.25, 0.3) is 22.6 Å². The number of hydrogen-bond acceptors (Lipinski definition) is 7. The molecule has 3 N–H and O–H groups in total. The predicted octanol–water partition coefficient (Wildman–Crippen LogP) is 1.85. The lowest BCUT2D eigenvalue weighted by atomic mass is 10.1. The van der Waals surface area contributed by atoms with Crippen LogP contribution in [-0.2, 0) is 4.74 Å². The summed E-state index contributed by atoms with van der Waals surface area (Å²) in [5, 5.41) is 21.2. The number of oxazole rings is 1. The first kappa shape index (κ1) is 20.1. The van der Waals surface area contributed by atoms with Crippen molar-refractivity contribution in [3.63, 3.8) is 0 Å². The first-order valence-corrected chi connectivity index (χ1v) is 9.97. The lowest BCUT2D eigenvalue weighted by molar-refractivity contribution is -0.0480. The minimum Gasteiger partial charge on any atom is -0.437 e. The fourth-order valence-corrected chi connectivity index (χ4v) is 3.76. The van der Waals surface area contributed by atoms with Gasteiger partial charge >= 0.3 is 5.69 Å². The van der Waals surface area contributed by atoms with Crippen LogP contribution in [0.3, 0.4) is 0 Å². The van der Waals surface area contributed by atoms with Gasteiger partial charge in [0.15, 0.2) is 18.1 Å². The van der Waals surface area contributed by atoms with Crippen LogP contribution in [-0.4, -0.2) is 37.0 Å². The molecule has 0 unspecified atom stereocenters. The van der Waals surface area contributed by atoms with Gasteiger partial charge in [0.2, 0.25) is 5.89 Å². The molecule has 162 valence electrons. The van der Waals surface area contributed by atoms with E-state index < -0.39 is 35.8 Å². The number of H-pyrrole nitrogens is 1. The molecule has 0 aliphatic carbocycles. The van der Waals surface area contributed by atoms with Crippen LogP contribution in [0.15, 0.2) is 86.9 Å². The second kappa shape index (κ2) is 8.04. The third-order valence-corrected chi connectivity index (χ3v) is 5.33. The van der Waals surface area contributed by atoms with E-state index in [2.05, 4.69) is 9.97 Å². The number of benzene rings is 2. The number of ether oxygens (including phenoxy) is 1. The highest BCUT2D eigenvalue weighted by atomic mass is 16.6. The van der Waals surface area contributed by atoms with E-state index in [4.69, 9.17) is 9.15 Å². The van der Waals surface area contributed by atoms with Crippen molar-refractivity contribution in [1.82, 2.24) is 14.5 Å². The van der Waals surface area contributed by atoms with Crippen LogP contribution in [0, 0.1) is 0 Å². The smallest absolute Gasteiger partial charge is 0.330 e. The number of aromatic amines is 1. The Balaban J connectivity index is 1.57. The highest BCUT2D eigenvalue weighted by Gasteiger charge is 2.47. The molecule has 4 atom stereocenters. The molecular formula is C23H19N3O6. The quantitative estimate of drug-likeness (QED) is 0.448. The van der Waals surface area contributed by atoms with Gasteiger partial charge in [0.05, 0.1) is 0 Å². The number of aromatic nitrogens is 3. The maximum atomic E-state index is 12.1. The molecule has 4 aromatic rings. The summed E-state index contributed by atoms with van der Waals surface area (Å²) < 4.78 is 12.9. The summed E-state index contributed by atoms with van der Waals surface area (Å²) in [5.41, 5.74) is 0.802. The number of hydrogen-bond donors (Lipinski definition) is 3. The number of rotatable bonds is 4. The Kier molecular flexibility index (Phi) is 5.06. The van der Waals surface area contributed by atoms with E-state index in [1.807, 2.05) is 60.7 Å². The second-order valence-corrected chi connectivity index (χ2v) is 7.41. The maximum absolute atomic E-state index is 12.1. The lowest BCUT2D eigenvalue weighted by Gasteiger charge is -2.16. The van der Waals surface area contributed by atoms with Crippen molar-refractivity contribution in [1.29, 1.82) is 0 Å². The molecule has 1 fully saturated rings. The molecule has 5 rings (SSSR count). The van der Waals surface area contributed by atoms with E-state index in [0.29, 0.717) is 11.5 Å². The summed E-state index contributed by atoms with van der Waals surface area (Å²) in [4.78, 5) is 30.2. The van der Waals surface area contributed by atoms with Crippen molar-refractivity contribution in [2.24, 2.45) is 0 Å². The number of nitrogens with one attached hydrogen (secondary N) is 1. The highest BCUT2D eigenvalue weighted by Crippen LogP contribution is 2.41. The molecule has 2 aromatic carbocycles. The van der Waals surface area contributed by atoms with Gasteiger partial charge in [-0.1, -0.05) is 60.7 Å². The number of aliphatic hydroxyl groups excluding tert-OH is 2. The number of aliphatic hydroxyl groups is 2. The molecule has 32 heavy (non-hydrogen) atoms. The second-order valence-electron chi connectivity index (χ2n) is 7.41. The third-order valence-electron chi connectivity index (χ3n) is 5.33. The fraction of sp³-hybridized carbons (Fsp3) is 0.174. The molecular weight excluding hydrogens is 414 g/mol. The van der Waals surface area contributed by atoms with Crippen LogP contribution in [0.4, 0.5) is 0 Å². The monoisotopic (exact) mass is 433 g/mol. The van der Waals surface area contributed by atoms with Crippen LogP contribution in [0.2, 0.25) is 0 Å². The Labute approximate surface area is 181 Å². The topological polar surface area (TPSA) is 131 Å². The minimum atomic E-state index is -1.45. The fourth-order valence-electron chi connectivity index (χ4n) is 3.76. The lowest BCUT2D eigenvalue weighted by Crippen LogP contribution is -2.37. The zero-order chi connectivity index (χ0) is 22.2. The molecule has 3 heterocycles. The Bertz CT molecular complexity index is 1290. The van der Waals surface area contributed by atoms with Crippen LogP contribution >= 0.6 is 0 Å². The molecule has 1 aliphatic heterocycles. The summed E-state index contributed by atoms with van der Waals surface area (Å²) in [6, 6.07) is 19.9. The van der Waals surface area contributed by atoms with E-state index in [9.17, 15) is 19.8 Å². The van der Waals surface area contributed by atoms with E-state index in [0.717, 1.165) is 21.8 Å². The minimum absolute atomic E-state index is 0.0641. The largest absolute Gasteiger partial charge is 0.437 e. The van der Waals surface area contributed by atoms with Gasteiger partial charge in [-0.25, -0.2) is 9.78 Å². The van der Waals surface area contributed by atoms with E-state index >= 15 is 0 Å². The maximum Gasteiger partial charge on any atom is 0.330 e. The molecule has 9 heteroatoms. The Morgan fingerprint density at radius 3 is 2.19 bits per heavy atom. The normalized spacial score (nSPS) is 22.8. The molecule has 1 saturated heterocycles. The summed E-state index contributed by atoms with van der Waals surface area (Å²) in [5.74, 6) is 0.552. The van der Waals surface area contributed by atoms with Gasteiger partial charge in [-0.15, -0.1) is 0 Å². The average Bonchev–Trinajstić information content (AvgIpc) is 3.37. The van der Waals surface area contributed by atoms with Gasteiger partial charge in [0.1, 0.15) is 17.9 Å². The summed E-state index contributed by atoms with van der Waals surface area (Å²) >= 11 is 0. The first-order chi connectivity index (χ1) is 15.5. The molecule has 2 aromatic heterocycles. The SMILES string of the molecule is O=c1ccn([C@@H]2O[C@H](c3nc(-c4ccccc4)c(-c4ccccc4)o3)[C@@H](O)[C@H]2O)c(=O)[nH]1. The predicted molar refractivity (Wildman–Crippen MR) is 114 cm³/mol. The van der Waals surface area contributed by atoms with E-state index in [1.54, 1.807) is 0 Å². The standard InChI is InChI=1S/C23H19N3O6/c27-15-11-12-26(23(30)24-15)22-18(29)17(28)20(32-22)21-25-16(13-7-3-1-4-8-13)19(31-21)14-9-5-2-6-10-14/h1-12,17-18,20,22,28-29H,(H,24,27,30)/t17-,18+,20-,22+/m0/s1. The van der Waals surface area contributed by atoms with Crippen LogP contribution in [0.1, 0.15) is 18.2 Å². The van der Waals surface area contributed by atoms with Crippen molar-refractivity contribution in [2.45, 2.75) is 24.5 Å². The van der Waals surface area contributed by atoms with Crippen molar-refractivity contribution in [3.8, 4) is 22.6 Å². The van der Waals surface area contributed by atoms with Gasteiger partial charge < -0.3 is 19.4 Å². The molecule has 0 spiro atoms. The van der Waals surface area contributed by atoms with Gasteiger partial charge in [0, 0.05) is 23.4 Å². The molecule has 0 radical (unpaired) electrons. The summed E-state index contributed by atoms with van der Waals surface area (Å²) in [6.45, 7) is 0. The van der Waals surface area contributed by atoms with Gasteiger partial charge in [0.25, 0.3) is 5.56 Å². The van der Waals surface area contributed by atoms with E-state index in [1.165, 1.54) is 6.20 Å². The summed E-state index contributed by atoms with van der Waals surface area (Å²) in [7, 11) is 0. The van der Waals surface area contributed by atoms with Crippen LogP contribution < -0.4 is 11.2 Å². The molecule has 0 amide bonds. The zero-order valence-corrected chi connectivity index (χ0v) is 16.7. The van der Waals surface area contributed by atoms with Crippen molar-refractivity contribution in [3.05, 3.63) is 99.7 Å². The van der Waals surface area contributed by atoms with Gasteiger partial charge in [-0.2, -0.15) is 0 Å². The zero-order valence-electron chi connectivity index (χ0n) is 16.7. The van der Waals surface area contributed by atoms with Crippen molar-refractivity contribution < 1.29 is 19.4 Å². The number of nitrogens with zero attached hydrogens (tertiary/aromatic N) is 2. The van der Waals surface area contributed by atoms with E-state index in [-0.39, 0.29) is 5.89 Å². The Hall–Kier alpha value is -3.79. The molecule has 0 bridgehead atoms. The van der Waals surface area contributed by atoms with Crippen LogP contribution in [0.5, 0.6) is 0 Å². The molecule has 1 aliphatic rings. The Morgan fingerprint density at radius 1 is 0.875 bits per heavy atom. The van der Waals surface area contributed by atoms with Crippen molar-refractivity contribution >= 4 is 0 Å². The Morgan fingerprint density at radius 2 is 1.53 bits per heavy atom.